The van der Waals surface area contributed by atoms with Gasteiger partial charge in [-0.25, -0.2) is 9.67 Å². The molecule has 0 bridgehead atoms. The predicted molar refractivity (Wildman–Crippen MR) is 108 cm³/mol. The molecule has 0 unspecified atom stereocenters. The number of nitrogens with two attached hydrogens (primary N) is 1. The van der Waals surface area contributed by atoms with Gasteiger partial charge in [-0.2, -0.15) is 5.10 Å². The molecule has 6 heteroatoms. The number of aryl methyl sites for hydroxylation is 1. The van der Waals surface area contributed by atoms with Gasteiger partial charge in [0, 0.05) is 25.1 Å². The zero-order chi connectivity index (χ0) is 19.3. The second-order valence-electron chi connectivity index (χ2n) is 7.15. The van der Waals surface area contributed by atoms with Crippen molar-refractivity contribution in [2.45, 2.75) is 31.8 Å². The molecular weight excluding hydrogens is 350 g/mol. The number of fused-ring (bicyclic) bond motifs is 1. The molecule has 2 heterocycles. The number of hydrogen-bond acceptors (Lipinski definition) is 4. The van der Waals surface area contributed by atoms with Crippen LogP contribution in [0.5, 0.6) is 0 Å². The SMILES string of the molecule is N[C@@H](CCc1ccccc1)C(=O)N1CCc2nc(-c3ccccc3)nn2CC1. The van der Waals surface area contributed by atoms with E-state index >= 15 is 0 Å². The van der Waals surface area contributed by atoms with Gasteiger partial charge in [-0.05, 0) is 18.4 Å². The molecule has 6 nitrogen and oxygen atoms in total. The highest BCUT2D eigenvalue weighted by Crippen LogP contribution is 2.17. The number of benzene rings is 2. The van der Waals surface area contributed by atoms with E-state index in [2.05, 4.69) is 22.2 Å². The summed E-state index contributed by atoms with van der Waals surface area (Å²) in [7, 11) is 0. The van der Waals surface area contributed by atoms with Gasteiger partial charge in [-0.15, -0.1) is 0 Å². The van der Waals surface area contributed by atoms with E-state index in [1.54, 1.807) is 0 Å². The maximum atomic E-state index is 12.8. The fourth-order valence-electron chi connectivity index (χ4n) is 3.56. The van der Waals surface area contributed by atoms with Crippen LogP contribution in [-0.2, 0) is 24.2 Å². The zero-order valence-electron chi connectivity index (χ0n) is 15.9. The van der Waals surface area contributed by atoms with Crippen LogP contribution in [0.3, 0.4) is 0 Å². The minimum absolute atomic E-state index is 0.0185. The quantitative estimate of drug-likeness (QED) is 0.742. The molecular formula is C22H25N5O. The van der Waals surface area contributed by atoms with Crippen LogP contribution in [0.1, 0.15) is 17.8 Å². The molecule has 1 atom stereocenters. The molecule has 4 rings (SSSR count). The fourth-order valence-corrected chi connectivity index (χ4v) is 3.56. The van der Waals surface area contributed by atoms with Crippen molar-refractivity contribution < 1.29 is 4.79 Å². The van der Waals surface area contributed by atoms with Crippen LogP contribution in [0.15, 0.2) is 60.7 Å². The summed E-state index contributed by atoms with van der Waals surface area (Å²) in [5, 5.41) is 4.63. The van der Waals surface area contributed by atoms with Crippen molar-refractivity contribution in [3.05, 3.63) is 72.1 Å². The van der Waals surface area contributed by atoms with E-state index in [1.807, 2.05) is 58.1 Å². The molecule has 0 fully saturated rings. The van der Waals surface area contributed by atoms with Gasteiger partial charge in [0.1, 0.15) is 5.82 Å². The van der Waals surface area contributed by atoms with E-state index in [0.717, 1.165) is 23.6 Å². The van der Waals surface area contributed by atoms with E-state index in [-0.39, 0.29) is 5.91 Å². The second kappa shape index (κ2) is 8.35. The Morgan fingerprint density at radius 2 is 1.71 bits per heavy atom. The van der Waals surface area contributed by atoms with Gasteiger partial charge < -0.3 is 10.6 Å². The number of aromatic nitrogens is 3. The Bertz CT molecular complexity index is 897. The van der Waals surface area contributed by atoms with E-state index in [4.69, 9.17) is 5.73 Å². The van der Waals surface area contributed by atoms with Gasteiger partial charge in [0.2, 0.25) is 5.91 Å². The first-order chi connectivity index (χ1) is 13.7. The summed E-state index contributed by atoms with van der Waals surface area (Å²) in [5.41, 5.74) is 8.42. The van der Waals surface area contributed by atoms with Gasteiger partial charge in [0.15, 0.2) is 5.82 Å². The van der Waals surface area contributed by atoms with Crippen molar-refractivity contribution in [2.24, 2.45) is 5.73 Å². The van der Waals surface area contributed by atoms with Crippen molar-refractivity contribution in [3.63, 3.8) is 0 Å². The Morgan fingerprint density at radius 1 is 1.00 bits per heavy atom. The summed E-state index contributed by atoms with van der Waals surface area (Å²) in [6, 6.07) is 19.6. The number of nitrogens with zero attached hydrogens (tertiary/aromatic N) is 4. The first-order valence-electron chi connectivity index (χ1n) is 9.78. The monoisotopic (exact) mass is 375 g/mol. The topological polar surface area (TPSA) is 77.0 Å². The first kappa shape index (κ1) is 18.4. The highest BCUT2D eigenvalue weighted by atomic mass is 16.2. The van der Waals surface area contributed by atoms with Crippen molar-refractivity contribution in [2.75, 3.05) is 13.1 Å². The molecule has 1 aromatic heterocycles. The van der Waals surface area contributed by atoms with Crippen molar-refractivity contribution in [3.8, 4) is 11.4 Å². The minimum Gasteiger partial charge on any atom is -0.339 e. The summed E-state index contributed by atoms with van der Waals surface area (Å²) in [6.07, 6.45) is 2.16. The molecule has 2 N–H and O–H groups in total. The van der Waals surface area contributed by atoms with Crippen LogP contribution in [0, 0.1) is 0 Å². The highest BCUT2D eigenvalue weighted by molar-refractivity contribution is 5.81. The van der Waals surface area contributed by atoms with Crippen molar-refractivity contribution >= 4 is 5.91 Å². The van der Waals surface area contributed by atoms with Gasteiger partial charge in [-0.3, -0.25) is 4.79 Å². The average Bonchev–Trinajstić information content (AvgIpc) is 3.06. The lowest BCUT2D eigenvalue weighted by Crippen LogP contribution is -2.45. The maximum Gasteiger partial charge on any atom is 0.239 e. The summed E-state index contributed by atoms with van der Waals surface area (Å²) >= 11 is 0. The first-order valence-corrected chi connectivity index (χ1v) is 9.78. The fraction of sp³-hybridized carbons (Fsp3) is 0.318. The van der Waals surface area contributed by atoms with Gasteiger partial charge in [-0.1, -0.05) is 60.7 Å². The van der Waals surface area contributed by atoms with Crippen LogP contribution in [0.25, 0.3) is 11.4 Å². The smallest absolute Gasteiger partial charge is 0.239 e. The number of amides is 1. The van der Waals surface area contributed by atoms with Crippen LogP contribution >= 0.6 is 0 Å². The predicted octanol–water partition coefficient (Wildman–Crippen LogP) is 2.29. The van der Waals surface area contributed by atoms with E-state index in [1.165, 1.54) is 5.56 Å². The Kier molecular flexibility index (Phi) is 5.48. The average molecular weight is 375 g/mol. The van der Waals surface area contributed by atoms with Gasteiger partial charge in [0.25, 0.3) is 0 Å². The number of rotatable bonds is 5. The second-order valence-corrected chi connectivity index (χ2v) is 7.15. The Morgan fingerprint density at radius 3 is 2.46 bits per heavy atom. The van der Waals surface area contributed by atoms with Crippen LogP contribution in [0.4, 0.5) is 0 Å². The molecule has 0 aliphatic carbocycles. The summed E-state index contributed by atoms with van der Waals surface area (Å²) in [4.78, 5) is 19.3. The third kappa shape index (κ3) is 4.12. The molecule has 2 aromatic carbocycles. The lowest BCUT2D eigenvalue weighted by Gasteiger charge is -2.23. The molecule has 28 heavy (non-hydrogen) atoms. The lowest BCUT2D eigenvalue weighted by molar-refractivity contribution is -0.132. The Labute approximate surface area is 165 Å². The molecule has 1 aliphatic heterocycles. The molecule has 0 spiro atoms. The number of carbonyl (C=O) groups is 1. The van der Waals surface area contributed by atoms with Crippen molar-refractivity contribution in [1.29, 1.82) is 0 Å². The third-order valence-corrected chi connectivity index (χ3v) is 5.18. The summed E-state index contributed by atoms with van der Waals surface area (Å²) in [5.74, 6) is 1.69. The van der Waals surface area contributed by atoms with E-state index < -0.39 is 6.04 Å². The van der Waals surface area contributed by atoms with Crippen LogP contribution < -0.4 is 5.73 Å². The molecule has 0 saturated heterocycles. The highest BCUT2D eigenvalue weighted by Gasteiger charge is 2.24. The molecule has 3 aromatic rings. The largest absolute Gasteiger partial charge is 0.339 e. The molecule has 144 valence electrons. The summed E-state index contributed by atoms with van der Waals surface area (Å²) in [6.45, 7) is 1.89. The molecule has 1 aliphatic rings. The minimum atomic E-state index is -0.474. The number of carbonyl (C=O) groups excluding carboxylic acids is 1. The normalized spacial score (nSPS) is 15.0. The third-order valence-electron chi connectivity index (χ3n) is 5.18. The zero-order valence-corrected chi connectivity index (χ0v) is 15.9. The summed E-state index contributed by atoms with van der Waals surface area (Å²) < 4.78 is 1.92. The van der Waals surface area contributed by atoms with E-state index in [9.17, 15) is 4.79 Å². The standard InChI is InChI=1S/C22H25N5O/c23-19(12-11-17-7-3-1-4-8-17)22(28)26-14-13-20-24-21(25-27(20)16-15-26)18-9-5-2-6-10-18/h1-10,19H,11-16,23H2/t19-/m0/s1. The van der Waals surface area contributed by atoms with Crippen LogP contribution in [-0.4, -0.2) is 44.7 Å². The van der Waals surface area contributed by atoms with Crippen molar-refractivity contribution in [1.82, 2.24) is 19.7 Å². The number of hydrogen-bond donors (Lipinski definition) is 1. The maximum absolute atomic E-state index is 12.8. The molecule has 1 amide bonds. The molecule has 0 saturated carbocycles. The van der Waals surface area contributed by atoms with Gasteiger partial charge in [0.05, 0.1) is 12.6 Å². The van der Waals surface area contributed by atoms with E-state index in [0.29, 0.717) is 32.5 Å². The van der Waals surface area contributed by atoms with Crippen LogP contribution in [0.2, 0.25) is 0 Å². The Hall–Kier alpha value is -2.99. The molecule has 0 radical (unpaired) electrons. The Balaban J connectivity index is 1.36. The lowest BCUT2D eigenvalue weighted by atomic mass is 10.0. The van der Waals surface area contributed by atoms with Gasteiger partial charge >= 0.3 is 0 Å².